The first-order valence-corrected chi connectivity index (χ1v) is 10.3. The average Bonchev–Trinajstić information content (AvgIpc) is 2.77. The van der Waals surface area contributed by atoms with Gasteiger partial charge in [-0.25, -0.2) is 0 Å². The van der Waals surface area contributed by atoms with Crippen LogP contribution in [0.25, 0.3) is 0 Å². The summed E-state index contributed by atoms with van der Waals surface area (Å²) in [5, 5.41) is 9.95. The molecule has 0 saturated heterocycles. The van der Waals surface area contributed by atoms with Gasteiger partial charge in [-0.05, 0) is 71.7 Å². The summed E-state index contributed by atoms with van der Waals surface area (Å²) in [4.78, 5) is 10.4. The third-order valence-corrected chi connectivity index (χ3v) is 5.79. The number of aryl methyl sites for hydroxylation is 1. The summed E-state index contributed by atoms with van der Waals surface area (Å²) < 4.78 is 5.76. The number of carbonyl (C=O) groups is 1. The summed E-state index contributed by atoms with van der Waals surface area (Å²) in [7, 11) is 0. The zero-order valence-electron chi connectivity index (χ0n) is 16.5. The fourth-order valence-corrected chi connectivity index (χ4v) is 4.41. The first kappa shape index (κ1) is 19.3. The minimum atomic E-state index is 0.242. The Morgan fingerprint density at radius 3 is 2.52 bits per heavy atom. The second-order valence-electron chi connectivity index (χ2n) is 7.64. The van der Waals surface area contributed by atoms with E-state index in [1.54, 1.807) is 6.07 Å². The van der Waals surface area contributed by atoms with Crippen molar-refractivity contribution in [1.29, 1.82) is 0 Å². The molecular weight excluding hydrogens is 360 g/mol. The molecule has 4 rings (SSSR count). The average molecular weight is 386 g/mol. The highest BCUT2D eigenvalue weighted by Crippen LogP contribution is 2.47. The maximum absolute atomic E-state index is 10.4. The van der Waals surface area contributed by atoms with Crippen molar-refractivity contribution in [2.75, 3.05) is 6.61 Å². The van der Waals surface area contributed by atoms with Crippen molar-refractivity contribution in [2.24, 2.45) is 0 Å². The minimum Gasteiger partial charge on any atom is -0.508 e. The van der Waals surface area contributed by atoms with Crippen LogP contribution in [0.2, 0.25) is 0 Å². The van der Waals surface area contributed by atoms with E-state index in [1.807, 2.05) is 18.2 Å². The molecule has 0 heterocycles. The molecule has 1 aliphatic carbocycles. The number of hydrogen-bond donors (Lipinski definition) is 1. The lowest BCUT2D eigenvalue weighted by atomic mass is 9.69. The summed E-state index contributed by atoms with van der Waals surface area (Å²) in [6.45, 7) is 0.552. The molecule has 0 bridgehead atoms. The molecule has 29 heavy (non-hydrogen) atoms. The normalized spacial score (nSPS) is 18.1. The van der Waals surface area contributed by atoms with E-state index in [-0.39, 0.29) is 5.92 Å². The molecule has 0 fully saturated rings. The molecule has 3 heteroatoms. The number of aldehydes is 1. The lowest BCUT2D eigenvalue weighted by Gasteiger charge is -2.34. The van der Waals surface area contributed by atoms with Gasteiger partial charge in [0.1, 0.15) is 17.8 Å². The highest BCUT2D eigenvalue weighted by atomic mass is 16.5. The Bertz CT molecular complexity index is 947. The number of rotatable bonds is 7. The van der Waals surface area contributed by atoms with Crippen LogP contribution < -0.4 is 4.74 Å². The van der Waals surface area contributed by atoms with E-state index in [2.05, 4.69) is 48.5 Å². The van der Waals surface area contributed by atoms with E-state index in [1.165, 1.54) is 22.3 Å². The fraction of sp³-hybridized carbons (Fsp3) is 0.269. The maximum Gasteiger partial charge on any atom is 0.120 e. The number of fused-ring (bicyclic) bond motifs is 1. The lowest BCUT2D eigenvalue weighted by molar-refractivity contribution is -0.108. The van der Waals surface area contributed by atoms with Crippen LogP contribution in [0.3, 0.4) is 0 Å². The van der Waals surface area contributed by atoms with Crippen LogP contribution >= 0.6 is 0 Å². The molecule has 3 aromatic rings. The van der Waals surface area contributed by atoms with Crippen molar-refractivity contribution in [3.8, 4) is 11.5 Å². The first-order chi connectivity index (χ1) is 14.3. The molecule has 0 aromatic heterocycles. The number of ether oxygens (including phenoxy) is 1. The highest BCUT2D eigenvalue weighted by Gasteiger charge is 2.32. The van der Waals surface area contributed by atoms with Gasteiger partial charge in [0.25, 0.3) is 0 Å². The SMILES string of the molecule is O=CCCCOc1ccc([C@@H]2c3ccc(O)cc3CC[C@@H]2c2ccccc2)cc1. The van der Waals surface area contributed by atoms with Gasteiger partial charge in [0.2, 0.25) is 0 Å². The number of hydrogen-bond acceptors (Lipinski definition) is 3. The van der Waals surface area contributed by atoms with Gasteiger partial charge in [0.15, 0.2) is 0 Å². The molecule has 0 unspecified atom stereocenters. The Balaban J connectivity index is 1.65. The fourth-order valence-electron chi connectivity index (χ4n) is 4.41. The lowest BCUT2D eigenvalue weighted by Crippen LogP contribution is -2.20. The van der Waals surface area contributed by atoms with Crippen LogP contribution in [-0.4, -0.2) is 18.0 Å². The summed E-state index contributed by atoms with van der Waals surface area (Å²) in [5.74, 6) is 1.80. The summed E-state index contributed by atoms with van der Waals surface area (Å²) in [6.07, 6.45) is 4.21. The van der Waals surface area contributed by atoms with Crippen LogP contribution in [0.5, 0.6) is 11.5 Å². The van der Waals surface area contributed by atoms with Gasteiger partial charge in [-0.1, -0.05) is 48.5 Å². The number of unbranched alkanes of at least 4 members (excludes halogenated alkanes) is 1. The molecule has 0 aliphatic heterocycles. The van der Waals surface area contributed by atoms with E-state index in [4.69, 9.17) is 4.74 Å². The van der Waals surface area contributed by atoms with Crippen molar-refractivity contribution >= 4 is 6.29 Å². The molecule has 0 saturated carbocycles. The Hall–Kier alpha value is -3.07. The molecule has 2 atom stereocenters. The number of phenols is 1. The van der Waals surface area contributed by atoms with Crippen molar-refractivity contribution in [3.63, 3.8) is 0 Å². The number of aromatic hydroxyl groups is 1. The number of benzene rings is 3. The Labute approximate surface area is 172 Å². The summed E-state index contributed by atoms with van der Waals surface area (Å²) >= 11 is 0. The van der Waals surface area contributed by atoms with E-state index < -0.39 is 0 Å². The van der Waals surface area contributed by atoms with Crippen molar-refractivity contribution in [1.82, 2.24) is 0 Å². The zero-order valence-corrected chi connectivity index (χ0v) is 16.5. The molecule has 0 spiro atoms. The molecule has 3 nitrogen and oxygen atoms in total. The van der Waals surface area contributed by atoms with Crippen LogP contribution in [-0.2, 0) is 11.2 Å². The van der Waals surface area contributed by atoms with E-state index in [9.17, 15) is 9.90 Å². The Morgan fingerprint density at radius 1 is 0.966 bits per heavy atom. The van der Waals surface area contributed by atoms with E-state index in [0.717, 1.165) is 31.3 Å². The second-order valence-corrected chi connectivity index (χ2v) is 7.64. The third-order valence-electron chi connectivity index (χ3n) is 5.79. The standard InChI is InChI=1S/C26H26O3/c27-16-4-5-17-29-23-12-8-20(9-13-23)26-24(19-6-2-1-3-7-19)14-10-21-18-22(28)11-15-25(21)26/h1-3,6-9,11-13,15-16,18,24,26,28H,4-5,10,14,17H2/t24-,26+/m1/s1. The zero-order chi connectivity index (χ0) is 20.1. The van der Waals surface area contributed by atoms with Crippen LogP contribution in [0.4, 0.5) is 0 Å². The quantitative estimate of drug-likeness (QED) is 0.424. The molecule has 0 radical (unpaired) electrons. The van der Waals surface area contributed by atoms with Gasteiger partial charge in [-0.2, -0.15) is 0 Å². The van der Waals surface area contributed by atoms with Gasteiger partial charge >= 0.3 is 0 Å². The molecule has 1 N–H and O–H groups in total. The summed E-state index contributed by atoms with van der Waals surface area (Å²) in [5.41, 5.74) is 5.13. The highest BCUT2D eigenvalue weighted by molar-refractivity contribution is 5.49. The smallest absolute Gasteiger partial charge is 0.120 e. The minimum absolute atomic E-state index is 0.242. The van der Waals surface area contributed by atoms with Crippen molar-refractivity contribution in [2.45, 2.75) is 37.5 Å². The molecule has 1 aliphatic rings. The van der Waals surface area contributed by atoms with E-state index >= 15 is 0 Å². The van der Waals surface area contributed by atoms with Gasteiger partial charge in [0, 0.05) is 12.3 Å². The van der Waals surface area contributed by atoms with Crippen LogP contribution in [0.1, 0.15) is 53.4 Å². The topological polar surface area (TPSA) is 46.5 Å². The Kier molecular flexibility index (Phi) is 5.95. The molecule has 0 amide bonds. The monoisotopic (exact) mass is 386 g/mol. The number of phenolic OH excluding ortho intramolecular Hbond substituents is 1. The Morgan fingerprint density at radius 2 is 1.76 bits per heavy atom. The summed E-state index contributed by atoms with van der Waals surface area (Å²) in [6, 6.07) is 24.8. The molecule has 148 valence electrons. The largest absolute Gasteiger partial charge is 0.508 e. The maximum atomic E-state index is 10.4. The van der Waals surface area contributed by atoms with Gasteiger partial charge in [-0.15, -0.1) is 0 Å². The van der Waals surface area contributed by atoms with Crippen molar-refractivity contribution in [3.05, 3.63) is 95.1 Å². The predicted octanol–water partition coefficient (Wildman–Crippen LogP) is 5.61. The van der Waals surface area contributed by atoms with E-state index in [0.29, 0.717) is 24.7 Å². The second kappa shape index (κ2) is 8.95. The van der Waals surface area contributed by atoms with Gasteiger partial charge in [-0.3, -0.25) is 0 Å². The molecule has 3 aromatic carbocycles. The van der Waals surface area contributed by atoms with Gasteiger partial charge in [0.05, 0.1) is 6.61 Å². The first-order valence-electron chi connectivity index (χ1n) is 10.3. The van der Waals surface area contributed by atoms with Crippen molar-refractivity contribution < 1.29 is 14.6 Å². The van der Waals surface area contributed by atoms with Crippen LogP contribution in [0, 0.1) is 0 Å². The number of carbonyl (C=O) groups excluding carboxylic acids is 1. The van der Waals surface area contributed by atoms with Gasteiger partial charge < -0.3 is 14.6 Å². The third kappa shape index (κ3) is 4.34. The predicted molar refractivity (Wildman–Crippen MR) is 115 cm³/mol. The van der Waals surface area contributed by atoms with Crippen LogP contribution in [0.15, 0.2) is 72.8 Å². The molecular formula is C26H26O3.